The van der Waals surface area contributed by atoms with E-state index in [9.17, 15) is 0 Å². The van der Waals surface area contributed by atoms with Crippen molar-refractivity contribution >= 4 is 33.2 Å². The number of alkyl halides is 1. The number of nitrogens with zero attached hydrogens (tertiary/aromatic N) is 1. The zero-order valence-corrected chi connectivity index (χ0v) is 11.9. The van der Waals surface area contributed by atoms with Gasteiger partial charge in [0, 0.05) is 34.2 Å². The summed E-state index contributed by atoms with van der Waals surface area (Å²) in [5, 5.41) is 1.70. The van der Waals surface area contributed by atoms with Crippen LogP contribution in [-0.4, -0.2) is 12.6 Å². The van der Waals surface area contributed by atoms with Crippen LogP contribution in [0.25, 0.3) is 0 Å². The molecule has 0 bridgehead atoms. The van der Waals surface area contributed by atoms with Crippen molar-refractivity contribution in [2.75, 3.05) is 11.4 Å². The van der Waals surface area contributed by atoms with E-state index in [4.69, 9.17) is 11.6 Å². The maximum Gasteiger partial charge on any atom is 0.0467 e. The summed E-state index contributed by atoms with van der Waals surface area (Å²) >= 11 is 9.78. The molecule has 1 aliphatic carbocycles. The zero-order chi connectivity index (χ0) is 11.5. The van der Waals surface area contributed by atoms with Gasteiger partial charge in [0.2, 0.25) is 0 Å². The summed E-state index contributed by atoms with van der Waals surface area (Å²) in [7, 11) is 0. The summed E-state index contributed by atoms with van der Waals surface area (Å²) in [6, 6.07) is 6.96. The molecule has 1 aromatic carbocycles. The fourth-order valence-corrected chi connectivity index (χ4v) is 3.06. The summed E-state index contributed by atoms with van der Waals surface area (Å²) in [6.45, 7) is 3.36. The van der Waals surface area contributed by atoms with Crippen LogP contribution in [0.3, 0.4) is 0 Å². The first kappa shape index (κ1) is 12.3. The molecule has 1 fully saturated rings. The Bertz CT molecular complexity index is 363. The van der Waals surface area contributed by atoms with E-state index in [0.29, 0.717) is 0 Å². The number of hydrogen-bond donors (Lipinski definition) is 0. The van der Waals surface area contributed by atoms with Crippen molar-refractivity contribution in [3.8, 4) is 0 Å². The monoisotopic (exact) mass is 301 g/mol. The van der Waals surface area contributed by atoms with Gasteiger partial charge >= 0.3 is 0 Å². The first-order valence-corrected chi connectivity index (χ1v) is 7.37. The first-order valence-electron chi connectivity index (χ1n) is 5.88. The number of hydrogen-bond acceptors (Lipinski definition) is 1. The van der Waals surface area contributed by atoms with Crippen LogP contribution in [0.5, 0.6) is 0 Å². The van der Waals surface area contributed by atoms with Gasteiger partial charge in [-0.15, -0.1) is 0 Å². The predicted octanol–water partition coefficient (Wildman–Crippen LogP) is 4.61. The smallest absolute Gasteiger partial charge is 0.0467 e. The highest BCUT2D eigenvalue weighted by Gasteiger charge is 2.29. The number of halogens is 2. The highest BCUT2D eigenvalue weighted by molar-refractivity contribution is 9.08. The molecule has 0 atom stereocenters. The topological polar surface area (TPSA) is 3.24 Å². The van der Waals surface area contributed by atoms with Gasteiger partial charge in [0.15, 0.2) is 0 Å². The maximum absolute atomic E-state index is 6.24. The molecule has 0 aromatic heterocycles. The Kier molecular flexibility index (Phi) is 4.15. The van der Waals surface area contributed by atoms with E-state index in [1.54, 1.807) is 0 Å². The van der Waals surface area contributed by atoms with Crippen LogP contribution < -0.4 is 4.90 Å². The Morgan fingerprint density at radius 1 is 1.44 bits per heavy atom. The lowest BCUT2D eigenvalue weighted by Gasteiger charge is -2.26. The molecule has 2 rings (SSSR count). The molecular formula is C13H17BrClN. The summed E-state index contributed by atoms with van der Waals surface area (Å²) in [5.41, 5.74) is 2.54. The lowest BCUT2D eigenvalue weighted by atomic mass is 10.1. The quantitative estimate of drug-likeness (QED) is 0.718. The molecule has 1 aromatic rings. The largest absolute Gasteiger partial charge is 0.368 e. The zero-order valence-electron chi connectivity index (χ0n) is 9.55. The summed E-state index contributed by atoms with van der Waals surface area (Å²) in [6.07, 6.45) is 3.84. The molecule has 0 radical (unpaired) electrons. The summed E-state index contributed by atoms with van der Waals surface area (Å²) in [5.74, 6) is 0. The van der Waals surface area contributed by atoms with Crippen LogP contribution in [0.1, 0.15) is 31.7 Å². The molecule has 0 spiro atoms. The molecule has 1 nitrogen and oxygen atoms in total. The van der Waals surface area contributed by atoms with Crippen molar-refractivity contribution in [1.29, 1.82) is 0 Å². The number of benzene rings is 1. The van der Waals surface area contributed by atoms with Crippen LogP contribution in [0.2, 0.25) is 5.02 Å². The number of anilines is 1. The standard InChI is InChI=1S/C13H17BrClN/c1-2-8-16(10-6-7-10)13-5-3-4-12(15)11(13)9-14/h3-5,10H,2,6-9H2,1H3. The van der Waals surface area contributed by atoms with Gasteiger partial charge in [-0.2, -0.15) is 0 Å². The van der Waals surface area contributed by atoms with Crippen LogP contribution in [0.15, 0.2) is 18.2 Å². The molecule has 3 heteroatoms. The minimum atomic E-state index is 0.746. The molecule has 1 saturated carbocycles. The van der Waals surface area contributed by atoms with Gasteiger partial charge in [0.25, 0.3) is 0 Å². The fraction of sp³-hybridized carbons (Fsp3) is 0.538. The van der Waals surface area contributed by atoms with E-state index in [0.717, 1.165) is 22.9 Å². The van der Waals surface area contributed by atoms with E-state index < -0.39 is 0 Å². The SMILES string of the molecule is CCCN(c1cccc(Cl)c1CBr)C1CC1. The molecular weight excluding hydrogens is 286 g/mol. The molecule has 1 aliphatic rings. The fourth-order valence-electron chi connectivity index (χ4n) is 2.08. The van der Waals surface area contributed by atoms with E-state index in [-0.39, 0.29) is 0 Å². The molecule has 0 heterocycles. The Labute approximate surface area is 111 Å². The summed E-state index contributed by atoms with van der Waals surface area (Å²) in [4.78, 5) is 2.52. The van der Waals surface area contributed by atoms with Gasteiger partial charge in [-0.1, -0.05) is 40.5 Å². The molecule has 16 heavy (non-hydrogen) atoms. The third-order valence-corrected chi connectivity index (χ3v) is 3.90. The second-order valence-electron chi connectivity index (χ2n) is 4.30. The highest BCUT2D eigenvalue weighted by atomic mass is 79.9. The van der Waals surface area contributed by atoms with Crippen molar-refractivity contribution in [1.82, 2.24) is 0 Å². The molecule has 0 saturated heterocycles. The minimum absolute atomic E-state index is 0.746. The van der Waals surface area contributed by atoms with Gasteiger partial charge in [-0.05, 0) is 31.4 Å². The lowest BCUT2D eigenvalue weighted by molar-refractivity contribution is 0.760. The van der Waals surface area contributed by atoms with Gasteiger partial charge < -0.3 is 4.90 Å². The van der Waals surface area contributed by atoms with Crippen molar-refractivity contribution < 1.29 is 0 Å². The van der Waals surface area contributed by atoms with Crippen molar-refractivity contribution in [3.63, 3.8) is 0 Å². The van der Waals surface area contributed by atoms with Gasteiger partial charge in [0.1, 0.15) is 0 Å². The van der Waals surface area contributed by atoms with Crippen molar-refractivity contribution in [2.24, 2.45) is 0 Å². The Morgan fingerprint density at radius 3 is 2.75 bits per heavy atom. The predicted molar refractivity (Wildman–Crippen MR) is 74.7 cm³/mol. The first-order chi connectivity index (χ1) is 7.77. The Balaban J connectivity index is 2.32. The third kappa shape index (κ3) is 2.54. The van der Waals surface area contributed by atoms with Crippen molar-refractivity contribution in [3.05, 3.63) is 28.8 Å². The van der Waals surface area contributed by atoms with Crippen molar-refractivity contribution in [2.45, 2.75) is 37.6 Å². The highest BCUT2D eigenvalue weighted by Crippen LogP contribution is 2.36. The van der Waals surface area contributed by atoms with Crippen LogP contribution in [0, 0.1) is 0 Å². The molecule has 0 N–H and O–H groups in total. The average molecular weight is 303 g/mol. The van der Waals surface area contributed by atoms with E-state index in [2.05, 4.69) is 39.9 Å². The van der Waals surface area contributed by atoms with Gasteiger partial charge in [-0.25, -0.2) is 0 Å². The minimum Gasteiger partial charge on any atom is -0.368 e. The Morgan fingerprint density at radius 2 is 2.19 bits per heavy atom. The van der Waals surface area contributed by atoms with Gasteiger partial charge in [0.05, 0.1) is 0 Å². The lowest BCUT2D eigenvalue weighted by Crippen LogP contribution is -2.27. The second-order valence-corrected chi connectivity index (χ2v) is 5.26. The van der Waals surface area contributed by atoms with E-state index in [1.165, 1.54) is 30.5 Å². The molecule has 0 unspecified atom stereocenters. The Hall–Kier alpha value is -0.210. The second kappa shape index (κ2) is 5.42. The average Bonchev–Trinajstić information content (AvgIpc) is 3.09. The summed E-state index contributed by atoms with van der Waals surface area (Å²) < 4.78 is 0. The van der Waals surface area contributed by atoms with Crippen LogP contribution >= 0.6 is 27.5 Å². The van der Waals surface area contributed by atoms with Gasteiger partial charge in [-0.3, -0.25) is 0 Å². The van der Waals surface area contributed by atoms with Crippen LogP contribution in [0.4, 0.5) is 5.69 Å². The third-order valence-electron chi connectivity index (χ3n) is 2.99. The number of rotatable bonds is 5. The van der Waals surface area contributed by atoms with E-state index >= 15 is 0 Å². The molecule has 0 amide bonds. The van der Waals surface area contributed by atoms with E-state index in [1.807, 2.05) is 6.07 Å². The molecule has 88 valence electrons. The molecule has 0 aliphatic heterocycles. The van der Waals surface area contributed by atoms with Crippen LogP contribution in [-0.2, 0) is 5.33 Å². The maximum atomic E-state index is 6.24. The normalized spacial score (nSPS) is 15.2.